The van der Waals surface area contributed by atoms with Crippen LogP contribution in [-0.4, -0.2) is 55.2 Å². The molecule has 0 fully saturated rings. The van der Waals surface area contributed by atoms with Gasteiger partial charge in [0.1, 0.15) is 17.6 Å². The van der Waals surface area contributed by atoms with Gasteiger partial charge in [0.25, 0.3) is 5.91 Å². The minimum absolute atomic E-state index is 0.0369. The molecule has 37 heavy (non-hydrogen) atoms. The molecule has 12 heteroatoms. The first-order valence-corrected chi connectivity index (χ1v) is 15.1. The summed E-state index contributed by atoms with van der Waals surface area (Å²) in [6.07, 6.45) is -5.06. The molecule has 1 unspecified atom stereocenters. The van der Waals surface area contributed by atoms with E-state index in [1.807, 2.05) is 19.6 Å². The molecule has 0 radical (unpaired) electrons. The Labute approximate surface area is 212 Å². The highest BCUT2D eigenvalue weighted by molar-refractivity contribution is 6.88. The summed E-state index contributed by atoms with van der Waals surface area (Å²) in [6, 6.07) is 7.29. The maximum absolute atomic E-state index is 14.7. The van der Waals surface area contributed by atoms with Crippen molar-refractivity contribution in [2.75, 3.05) is 18.5 Å². The van der Waals surface area contributed by atoms with Crippen molar-refractivity contribution >= 4 is 36.7 Å². The van der Waals surface area contributed by atoms with Crippen molar-refractivity contribution < 1.29 is 41.8 Å². The van der Waals surface area contributed by atoms with E-state index >= 15 is 0 Å². The van der Waals surface area contributed by atoms with Gasteiger partial charge >= 0.3 is 12.1 Å². The SMILES string of the molecule is C[Si](C)(C)c1ccc(NC(=O)C2c3ccc(OCC(F)(F)F)cc3CCN2C(=O)CCC(=O)O)cc1F. The highest BCUT2D eigenvalue weighted by Crippen LogP contribution is 2.34. The Morgan fingerprint density at radius 1 is 1.11 bits per heavy atom. The van der Waals surface area contributed by atoms with Crippen LogP contribution in [0.15, 0.2) is 36.4 Å². The number of halogens is 4. The molecule has 1 heterocycles. The van der Waals surface area contributed by atoms with Crippen molar-refractivity contribution in [3.8, 4) is 5.75 Å². The monoisotopic (exact) mass is 540 g/mol. The first-order valence-electron chi connectivity index (χ1n) is 11.6. The molecule has 2 N–H and O–H groups in total. The van der Waals surface area contributed by atoms with Gasteiger partial charge in [0, 0.05) is 18.7 Å². The van der Waals surface area contributed by atoms with E-state index < -0.39 is 56.9 Å². The third kappa shape index (κ3) is 7.31. The number of carboxylic acids is 1. The lowest BCUT2D eigenvalue weighted by Gasteiger charge is -2.36. The average molecular weight is 541 g/mol. The lowest BCUT2D eigenvalue weighted by molar-refractivity contribution is -0.153. The minimum atomic E-state index is -4.52. The molecule has 0 bridgehead atoms. The van der Waals surface area contributed by atoms with Crippen molar-refractivity contribution in [2.45, 2.75) is 51.1 Å². The lowest BCUT2D eigenvalue weighted by Crippen LogP contribution is -2.45. The number of hydrogen-bond donors (Lipinski definition) is 2. The highest BCUT2D eigenvalue weighted by atomic mass is 28.3. The number of hydrogen-bond acceptors (Lipinski definition) is 4. The van der Waals surface area contributed by atoms with Crippen molar-refractivity contribution in [3.63, 3.8) is 0 Å². The molecule has 1 atom stereocenters. The number of aliphatic carboxylic acids is 1. The number of carbonyl (C=O) groups excluding carboxylic acids is 2. The number of anilines is 1. The van der Waals surface area contributed by atoms with Gasteiger partial charge in [-0.2, -0.15) is 13.2 Å². The molecule has 1 aliphatic heterocycles. The minimum Gasteiger partial charge on any atom is -0.484 e. The van der Waals surface area contributed by atoms with Crippen molar-refractivity contribution in [1.82, 2.24) is 4.90 Å². The van der Waals surface area contributed by atoms with Crippen LogP contribution in [0.4, 0.5) is 23.2 Å². The van der Waals surface area contributed by atoms with E-state index in [0.29, 0.717) is 16.3 Å². The van der Waals surface area contributed by atoms with Gasteiger partial charge in [0.15, 0.2) is 6.61 Å². The fourth-order valence-electron chi connectivity index (χ4n) is 4.18. The van der Waals surface area contributed by atoms with Crippen LogP contribution in [0.5, 0.6) is 5.75 Å². The van der Waals surface area contributed by atoms with Crippen molar-refractivity contribution in [3.05, 3.63) is 53.3 Å². The average Bonchev–Trinajstić information content (AvgIpc) is 2.78. The zero-order valence-corrected chi connectivity index (χ0v) is 21.6. The normalized spacial score (nSPS) is 15.6. The van der Waals surface area contributed by atoms with Gasteiger partial charge in [-0.25, -0.2) is 4.39 Å². The topological polar surface area (TPSA) is 95.9 Å². The molecule has 0 saturated carbocycles. The molecule has 0 aromatic heterocycles. The van der Waals surface area contributed by atoms with Crippen LogP contribution in [0.25, 0.3) is 0 Å². The Bertz CT molecular complexity index is 1200. The summed E-state index contributed by atoms with van der Waals surface area (Å²) >= 11 is 0. The predicted molar refractivity (Wildman–Crippen MR) is 131 cm³/mol. The maximum Gasteiger partial charge on any atom is 0.422 e. The van der Waals surface area contributed by atoms with E-state index in [4.69, 9.17) is 9.84 Å². The molecule has 0 saturated heterocycles. The van der Waals surface area contributed by atoms with Crippen LogP contribution in [0.1, 0.15) is 30.0 Å². The number of benzene rings is 2. The molecule has 0 aliphatic carbocycles. The largest absolute Gasteiger partial charge is 0.484 e. The Balaban J connectivity index is 1.92. The van der Waals surface area contributed by atoms with E-state index in [0.717, 1.165) is 0 Å². The third-order valence-electron chi connectivity index (χ3n) is 5.91. The van der Waals surface area contributed by atoms with E-state index in [2.05, 4.69) is 5.32 Å². The number of carbonyl (C=O) groups is 3. The summed E-state index contributed by atoms with van der Waals surface area (Å²) in [4.78, 5) is 38.5. The van der Waals surface area contributed by atoms with Gasteiger partial charge in [0.2, 0.25) is 5.91 Å². The Kier molecular flexibility index (Phi) is 8.31. The van der Waals surface area contributed by atoms with E-state index in [1.165, 1.54) is 29.2 Å². The fraction of sp³-hybridized carbons (Fsp3) is 0.400. The van der Waals surface area contributed by atoms with E-state index in [1.54, 1.807) is 12.1 Å². The summed E-state index contributed by atoms with van der Waals surface area (Å²) in [6.45, 7) is 4.51. The molecule has 2 amide bonds. The van der Waals surface area contributed by atoms with Crippen LogP contribution in [-0.2, 0) is 20.8 Å². The van der Waals surface area contributed by atoms with E-state index in [-0.39, 0.29) is 30.8 Å². The zero-order valence-electron chi connectivity index (χ0n) is 20.6. The highest BCUT2D eigenvalue weighted by Gasteiger charge is 2.37. The number of alkyl halides is 3. The second-order valence-electron chi connectivity index (χ2n) is 9.83. The maximum atomic E-state index is 14.7. The van der Waals surface area contributed by atoms with Gasteiger partial charge in [-0.3, -0.25) is 14.4 Å². The number of nitrogens with zero attached hydrogens (tertiary/aromatic N) is 1. The first-order chi connectivity index (χ1) is 17.2. The number of rotatable bonds is 8. The quantitative estimate of drug-likeness (QED) is 0.386. The zero-order chi connectivity index (χ0) is 27.5. The Morgan fingerprint density at radius 3 is 2.41 bits per heavy atom. The first kappa shape index (κ1) is 28.2. The second kappa shape index (κ2) is 10.9. The molecular formula is C25H28F4N2O5Si. The van der Waals surface area contributed by atoms with Gasteiger partial charge in [-0.15, -0.1) is 0 Å². The summed E-state index contributed by atoms with van der Waals surface area (Å²) < 4.78 is 57.2. The fourth-order valence-corrected chi connectivity index (χ4v) is 5.55. The van der Waals surface area contributed by atoms with Gasteiger partial charge in [-0.05, 0) is 47.0 Å². The van der Waals surface area contributed by atoms with Crippen molar-refractivity contribution in [1.29, 1.82) is 0 Å². The molecular weight excluding hydrogens is 512 g/mol. The number of fused-ring (bicyclic) bond motifs is 1. The lowest BCUT2D eigenvalue weighted by atomic mass is 9.91. The molecule has 200 valence electrons. The summed E-state index contributed by atoms with van der Waals surface area (Å²) in [5.74, 6) is -2.89. The van der Waals surface area contributed by atoms with Crippen LogP contribution < -0.4 is 15.2 Å². The number of carboxylic acid groups (broad SMARTS) is 1. The van der Waals surface area contributed by atoms with Crippen LogP contribution in [0.2, 0.25) is 19.6 Å². The standard InChI is InChI=1S/C25H28F4N2O5Si/c1-37(2,3)20-7-4-16(13-19(20)26)30-24(35)23-18-6-5-17(36-14-25(27,28)29)12-15(18)10-11-31(23)21(32)8-9-22(33)34/h4-7,12-13,23H,8-11,14H2,1-3H3,(H,30,35)(H,33,34). The molecule has 7 nitrogen and oxygen atoms in total. The molecule has 2 aromatic carbocycles. The molecule has 3 rings (SSSR count). The van der Waals surface area contributed by atoms with Gasteiger partial charge in [0.05, 0.1) is 14.5 Å². The van der Waals surface area contributed by atoms with Gasteiger partial charge in [-0.1, -0.05) is 31.8 Å². The van der Waals surface area contributed by atoms with Crippen LogP contribution >= 0.6 is 0 Å². The summed E-state index contributed by atoms with van der Waals surface area (Å²) in [7, 11) is -1.96. The van der Waals surface area contributed by atoms with E-state index in [9.17, 15) is 31.9 Å². The smallest absolute Gasteiger partial charge is 0.422 e. The Morgan fingerprint density at radius 2 is 1.81 bits per heavy atom. The van der Waals surface area contributed by atoms with Crippen LogP contribution in [0, 0.1) is 5.82 Å². The summed E-state index contributed by atoms with van der Waals surface area (Å²) in [5.41, 5.74) is 1.06. The Hall–Kier alpha value is -3.41. The molecule has 1 aliphatic rings. The third-order valence-corrected chi connectivity index (χ3v) is 7.93. The second-order valence-corrected chi connectivity index (χ2v) is 14.9. The van der Waals surface area contributed by atoms with Crippen LogP contribution in [0.3, 0.4) is 0 Å². The molecule has 2 aromatic rings. The number of ether oxygens (including phenoxy) is 1. The number of amides is 2. The van der Waals surface area contributed by atoms with Crippen molar-refractivity contribution in [2.24, 2.45) is 0 Å². The van der Waals surface area contributed by atoms with Gasteiger partial charge < -0.3 is 20.1 Å². The number of nitrogens with one attached hydrogen (secondary N) is 1. The molecule has 0 spiro atoms. The summed E-state index contributed by atoms with van der Waals surface area (Å²) in [5, 5.41) is 12.2. The predicted octanol–water partition coefficient (Wildman–Crippen LogP) is 4.24.